The fraction of sp³-hybridized carbons (Fsp3) is 0. The van der Waals surface area contributed by atoms with Crippen LogP contribution in [-0.2, 0) is 0 Å². The van der Waals surface area contributed by atoms with Crippen LogP contribution < -0.4 is 5.32 Å². The van der Waals surface area contributed by atoms with Crippen molar-refractivity contribution in [3.05, 3.63) is 45.5 Å². The van der Waals surface area contributed by atoms with Crippen molar-refractivity contribution < 1.29 is 9.90 Å². The molecule has 0 atom stereocenters. The highest BCUT2D eigenvalue weighted by molar-refractivity contribution is 9.10. The van der Waals surface area contributed by atoms with E-state index in [0.29, 0.717) is 10.8 Å². The molecule has 7 heteroatoms. The predicted octanol–water partition coefficient (Wildman–Crippen LogP) is 3.33. The Morgan fingerprint density at radius 3 is 2.61 bits per heavy atom. The van der Waals surface area contributed by atoms with E-state index < -0.39 is 5.97 Å². The molecule has 0 bridgehead atoms. The van der Waals surface area contributed by atoms with Gasteiger partial charge in [-0.15, -0.1) is 10.2 Å². The molecule has 0 fully saturated rings. The van der Waals surface area contributed by atoms with Crippen molar-refractivity contribution in [3.63, 3.8) is 0 Å². The number of benzene rings is 1. The molecule has 0 saturated heterocycles. The third kappa shape index (κ3) is 2.96. The molecule has 0 unspecified atom stereocenters. The van der Waals surface area contributed by atoms with Gasteiger partial charge < -0.3 is 10.4 Å². The van der Waals surface area contributed by atoms with Gasteiger partial charge in [0.25, 0.3) is 0 Å². The summed E-state index contributed by atoms with van der Waals surface area (Å²) in [4.78, 5) is 10.6. The summed E-state index contributed by atoms with van der Waals surface area (Å²) in [6.07, 6.45) is 0. The molecule has 2 rings (SSSR count). The number of anilines is 2. The first-order chi connectivity index (χ1) is 8.56. The Hall–Kier alpha value is -1.66. The first kappa shape index (κ1) is 12.8. The molecule has 2 aromatic rings. The summed E-state index contributed by atoms with van der Waals surface area (Å²) in [5.74, 6) is -0.655. The van der Waals surface area contributed by atoms with Gasteiger partial charge in [-0.2, -0.15) is 0 Å². The van der Waals surface area contributed by atoms with E-state index in [2.05, 4.69) is 31.4 Å². The van der Waals surface area contributed by atoms with E-state index in [4.69, 9.17) is 16.7 Å². The maximum Gasteiger partial charge on any atom is 0.356 e. The first-order valence-corrected chi connectivity index (χ1v) is 6.02. The molecule has 0 aliphatic heterocycles. The lowest BCUT2D eigenvalue weighted by atomic mass is 10.3. The average molecular weight is 329 g/mol. The van der Waals surface area contributed by atoms with Crippen LogP contribution in [0.15, 0.2) is 34.8 Å². The fourth-order valence-electron chi connectivity index (χ4n) is 1.23. The average Bonchev–Trinajstić information content (AvgIpc) is 2.34. The molecule has 0 aliphatic carbocycles. The minimum Gasteiger partial charge on any atom is -0.476 e. The number of aromatic nitrogens is 2. The van der Waals surface area contributed by atoms with Crippen LogP contribution in [0.5, 0.6) is 0 Å². The van der Waals surface area contributed by atoms with Crippen molar-refractivity contribution in [1.82, 2.24) is 10.2 Å². The Morgan fingerprint density at radius 1 is 1.28 bits per heavy atom. The van der Waals surface area contributed by atoms with Crippen molar-refractivity contribution in [2.45, 2.75) is 0 Å². The maximum atomic E-state index is 10.6. The first-order valence-electron chi connectivity index (χ1n) is 4.85. The lowest BCUT2D eigenvalue weighted by Crippen LogP contribution is -2.03. The number of hydrogen-bond acceptors (Lipinski definition) is 4. The number of nitrogens with one attached hydrogen (secondary N) is 1. The predicted molar refractivity (Wildman–Crippen MR) is 71.4 cm³/mol. The number of carboxylic acids is 1. The fourth-order valence-corrected chi connectivity index (χ4v) is 1.73. The molecule has 5 nitrogen and oxygen atoms in total. The Kier molecular flexibility index (Phi) is 3.78. The molecule has 92 valence electrons. The summed E-state index contributed by atoms with van der Waals surface area (Å²) in [6, 6.07) is 8.21. The number of hydrogen-bond donors (Lipinski definition) is 2. The summed E-state index contributed by atoms with van der Waals surface area (Å²) in [6.45, 7) is 0. The van der Waals surface area contributed by atoms with Crippen LogP contribution in [0.2, 0.25) is 5.02 Å². The van der Waals surface area contributed by atoms with E-state index in [9.17, 15) is 4.79 Å². The van der Waals surface area contributed by atoms with E-state index in [1.807, 2.05) is 0 Å². The van der Waals surface area contributed by atoms with Crippen molar-refractivity contribution in [1.29, 1.82) is 0 Å². The lowest BCUT2D eigenvalue weighted by molar-refractivity contribution is 0.0689. The van der Waals surface area contributed by atoms with Gasteiger partial charge in [-0.1, -0.05) is 11.6 Å². The summed E-state index contributed by atoms with van der Waals surface area (Å²) in [5.41, 5.74) is 0.668. The maximum absolute atomic E-state index is 10.6. The van der Waals surface area contributed by atoms with Crippen LogP contribution in [-0.4, -0.2) is 21.3 Å². The number of nitrogens with zero attached hydrogens (tertiary/aromatic N) is 2. The van der Waals surface area contributed by atoms with Gasteiger partial charge in [-0.25, -0.2) is 4.79 Å². The SMILES string of the molecule is O=C(O)c1ccc(Nc2ccc(Cl)c(Br)c2)nn1. The largest absolute Gasteiger partial charge is 0.476 e. The second-order valence-corrected chi connectivity index (χ2v) is 4.62. The van der Waals surface area contributed by atoms with Crippen LogP contribution in [0.4, 0.5) is 11.5 Å². The number of rotatable bonds is 3. The Morgan fingerprint density at radius 2 is 2.06 bits per heavy atom. The van der Waals surface area contributed by atoms with Crippen molar-refractivity contribution >= 4 is 45.0 Å². The zero-order valence-electron chi connectivity index (χ0n) is 8.89. The van der Waals surface area contributed by atoms with E-state index in [0.717, 1.165) is 10.2 Å². The van der Waals surface area contributed by atoms with E-state index in [1.165, 1.54) is 6.07 Å². The van der Waals surface area contributed by atoms with Crippen molar-refractivity contribution in [3.8, 4) is 0 Å². The molecule has 1 aromatic carbocycles. The minimum atomic E-state index is -1.11. The molecule has 0 amide bonds. The van der Waals surface area contributed by atoms with Crippen molar-refractivity contribution in [2.75, 3.05) is 5.32 Å². The van der Waals surface area contributed by atoms with Crippen LogP contribution >= 0.6 is 27.5 Å². The summed E-state index contributed by atoms with van der Waals surface area (Å²) in [7, 11) is 0. The third-order valence-corrected chi connectivity index (χ3v) is 3.29. The quantitative estimate of drug-likeness (QED) is 0.904. The number of carboxylic acid groups (broad SMARTS) is 1. The number of carbonyl (C=O) groups is 1. The van der Waals surface area contributed by atoms with Gasteiger partial charge in [0, 0.05) is 10.2 Å². The molecule has 2 N–H and O–H groups in total. The molecule has 1 aromatic heterocycles. The van der Waals surface area contributed by atoms with Gasteiger partial charge in [-0.3, -0.25) is 0 Å². The molecule has 0 saturated carbocycles. The highest BCUT2D eigenvalue weighted by Gasteiger charge is 2.05. The second kappa shape index (κ2) is 5.32. The normalized spacial score (nSPS) is 10.1. The van der Waals surface area contributed by atoms with Gasteiger partial charge in [0.1, 0.15) is 0 Å². The molecular weight excluding hydrogens is 321 g/mol. The molecule has 0 aliphatic rings. The molecule has 18 heavy (non-hydrogen) atoms. The van der Waals surface area contributed by atoms with Crippen LogP contribution in [0.25, 0.3) is 0 Å². The summed E-state index contributed by atoms with van der Waals surface area (Å²) in [5, 5.41) is 19.6. The number of aromatic carboxylic acids is 1. The zero-order chi connectivity index (χ0) is 13.1. The Bertz CT molecular complexity index is 589. The standard InChI is InChI=1S/C11H7BrClN3O2/c12-7-5-6(1-2-8(7)13)14-10-4-3-9(11(17)18)15-16-10/h1-5H,(H,14,16)(H,17,18). The second-order valence-electron chi connectivity index (χ2n) is 3.36. The van der Waals surface area contributed by atoms with Crippen LogP contribution in [0, 0.1) is 0 Å². The van der Waals surface area contributed by atoms with E-state index >= 15 is 0 Å². The van der Waals surface area contributed by atoms with Gasteiger partial charge in [0.05, 0.1) is 5.02 Å². The minimum absolute atomic E-state index is 0.0992. The Labute approximate surface area is 116 Å². The molecular formula is C11H7BrClN3O2. The van der Waals surface area contributed by atoms with Gasteiger partial charge in [-0.05, 0) is 46.3 Å². The molecule has 1 heterocycles. The highest BCUT2D eigenvalue weighted by atomic mass is 79.9. The zero-order valence-corrected chi connectivity index (χ0v) is 11.2. The van der Waals surface area contributed by atoms with E-state index in [-0.39, 0.29) is 5.69 Å². The van der Waals surface area contributed by atoms with Gasteiger partial charge in [0.15, 0.2) is 11.5 Å². The lowest BCUT2D eigenvalue weighted by Gasteiger charge is -2.06. The van der Waals surface area contributed by atoms with Crippen LogP contribution in [0.1, 0.15) is 10.5 Å². The highest BCUT2D eigenvalue weighted by Crippen LogP contribution is 2.26. The summed E-state index contributed by atoms with van der Waals surface area (Å²) < 4.78 is 0.754. The van der Waals surface area contributed by atoms with Crippen molar-refractivity contribution in [2.24, 2.45) is 0 Å². The van der Waals surface area contributed by atoms with Crippen LogP contribution in [0.3, 0.4) is 0 Å². The van der Waals surface area contributed by atoms with E-state index in [1.54, 1.807) is 24.3 Å². The monoisotopic (exact) mass is 327 g/mol. The molecule has 0 radical (unpaired) electrons. The van der Waals surface area contributed by atoms with Gasteiger partial charge >= 0.3 is 5.97 Å². The summed E-state index contributed by atoms with van der Waals surface area (Å²) >= 11 is 9.18. The van der Waals surface area contributed by atoms with Gasteiger partial charge in [0.2, 0.25) is 0 Å². The smallest absolute Gasteiger partial charge is 0.356 e. The third-order valence-electron chi connectivity index (χ3n) is 2.08. The molecule has 0 spiro atoms. The Balaban J connectivity index is 2.18. The topological polar surface area (TPSA) is 75.1 Å². The number of halogens is 2.